The second-order valence-corrected chi connectivity index (χ2v) is 7.52. The van der Waals surface area contributed by atoms with E-state index in [1.807, 2.05) is 36.4 Å². The number of hydrogen-bond donors (Lipinski definition) is 1. The molecule has 0 saturated heterocycles. The lowest BCUT2D eigenvalue weighted by molar-refractivity contribution is 0.102. The number of carbonyl (C=O) groups excluding carboxylic acids is 1. The van der Waals surface area contributed by atoms with Gasteiger partial charge in [-0.1, -0.05) is 41.4 Å². The van der Waals surface area contributed by atoms with Crippen molar-refractivity contribution in [2.45, 2.75) is 0 Å². The van der Waals surface area contributed by atoms with E-state index in [0.717, 1.165) is 20.8 Å². The van der Waals surface area contributed by atoms with E-state index in [2.05, 4.69) is 10.3 Å². The second-order valence-electron chi connectivity index (χ2n) is 5.65. The molecule has 1 amide bonds. The molecule has 3 aromatic carbocycles. The molecule has 0 aliphatic heterocycles. The first-order valence-electron chi connectivity index (χ1n) is 7.82. The van der Waals surface area contributed by atoms with Gasteiger partial charge in [-0.25, -0.2) is 4.98 Å². The first-order valence-corrected chi connectivity index (χ1v) is 9.40. The third-order valence-electron chi connectivity index (χ3n) is 3.84. The van der Waals surface area contributed by atoms with Gasteiger partial charge in [-0.3, -0.25) is 4.79 Å². The fourth-order valence-corrected chi connectivity index (χ4v) is 4.11. The van der Waals surface area contributed by atoms with E-state index in [1.165, 1.54) is 0 Å². The Bertz CT molecular complexity index is 1090. The Balaban J connectivity index is 1.60. The average molecular weight is 399 g/mol. The van der Waals surface area contributed by atoms with Crippen LogP contribution in [0.3, 0.4) is 0 Å². The Labute approximate surface area is 164 Å². The SMILES string of the molecule is O=C(Nc1ccc(-c2nc3ccccc3s2)c(Cl)c1)c1cccc(Cl)c1. The van der Waals surface area contributed by atoms with Gasteiger partial charge in [-0.05, 0) is 48.5 Å². The standard InChI is InChI=1S/C20H12Cl2N2OS/c21-13-5-3-4-12(10-13)19(25)23-14-8-9-15(16(22)11-14)20-24-17-6-1-2-7-18(17)26-20/h1-11H,(H,23,25). The molecule has 4 rings (SSSR count). The van der Waals surface area contributed by atoms with Crippen LogP contribution in [0.4, 0.5) is 5.69 Å². The van der Waals surface area contributed by atoms with Crippen LogP contribution in [0.25, 0.3) is 20.8 Å². The third-order valence-corrected chi connectivity index (χ3v) is 5.46. The van der Waals surface area contributed by atoms with Gasteiger partial charge in [0, 0.05) is 21.8 Å². The summed E-state index contributed by atoms with van der Waals surface area (Å²) in [6.07, 6.45) is 0. The molecule has 0 spiro atoms. The first kappa shape index (κ1) is 17.0. The molecule has 1 aromatic heterocycles. The summed E-state index contributed by atoms with van der Waals surface area (Å²) in [7, 11) is 0. The number of nitrogens with one attached hydrogen (secondary N) is 1. The van der Waals surface area contributed by atoms with Crippen molar-refractivity contribution in [2.24, 2.45) is 0 Å². The molecule has 26 heavy (non-hydrogen) atoms. The van der Waals surface area contributed by atoms with Crippen LogP contribution in [-0.2, 0) is 0 Å². The van der Waals surface area contributed by atoms with E-state index in [1.54, 1.807) is 41.7 Å². The van der Waals surface area contributed by atoms with Crippen molar-refractivity contribution in [3.8, 4) is 10.6 Å². The summed E-state index contributed by atoms with van der Waals surface area (Å²) < 4.78 is 1.11. The number of aromatic nitrogens is 1. The maximum Gasteiger partial charge on any atom is 0.255 e. The number of amides is 1. The van der Waals surface area contributed by atoms with Gasteiger partial charge in [0.1, 0.15) is 5.01 Å². The van der Waals surface area contributed by atoms with Gasteiger partial charge in [0.25, 0.3) is 5.91 Å². The predicted molar refractivity (Wildman–Crippen MR) is 109 cm³/mol. The molecule has 128 valence electrons. The number of thiazole rings is 1. The minimum atomic E-state index is -0.240. The number of halogens is 2. The van der Waals surface area contributed by atoms with Gasteiger partial charge in [0.15, 0.2) is 0 Å². The molecule has 0 bridgehead atoms. The molecule has 0 radical (unpaired) electrons. The highest BCUT2D eigenvalue weighted by atomic mass is 35.5. The number of rotatable bonds is 3. The van der Waals surface area contributed by atoms with Crippen LogP contribution in [0.5, 0.6) is 0 Å². The summed E-state index contributed by atoms with van der Waals surface area (Å²) in [4.78, 5) is 17.0. The van der Waals surface area contributed by atoms with E-state index in [0.29, 0.717) is 21.3 Å². The lowest BCUT2D eigenvalue weighted by Gasteiger charge is -2.08. The Morgan fingerprint density at radius 3 is 2.58 bits per heavy atom. The van der Waals surface area contributed by atoms with Crippen LogP contribution < -0.4 is 5.32 Å². The van der Waals surface area contributed by atoms with Crippen LogP contribution in [0.15, 0.2) is 66.7 Å². The van der Waals surface area contributed by atoms with Crippen LogP contribution in [0.1, 0.15) is 10.4 Å². The third kappa shape index (κ3) is 3.44. The normalized spacial score (nSPS) is 10.8. The van der Waals surface area contributed by atoms with Gasteiger partial charge in [-0.2, -0.15) is 0 Å². The number of para-hydroxylation sites is 1. The van der Waals surface area contributed by atoms with Crippen molar-refractivity contribution >= 4 is 56.3 Å². The van der Waals surface area contributed by atoms with Crippen molar-refractivity contribution < 1.29 is 4.79 Å². The summed E-state index contributed by atoms with van der Waals surface area (Å²) in [6, 6.07) is 20.2. The lowest BCUT2D eigenvalue weighted by Crippen LogP contribution is -2.11. The fraction of sp³-hybridized carbons (Fsp3) is 0. The minimum Gasteiger partial charge on any atom is -0.322 e. The topological polar surface area (TPSA) is 42.0 Å². The Morgan fingerprint density at radius 1 is 0.962 bits per heavy atom. The van der Waals surface area contributed by atoms with E-state index in [9.17, 15) is 4.79 Å². The summed E-state index contributed by atoms with van der Waals surface area (Å²) >= 11 is 14.0. The highest BCUT2D eigenvalue weighted by Gasteiger charge is 2.12. The smallest absolute Gasteiger partial charge is 0.255 e. The van der Waals surface area contributed by atoms with Gasteiger partial charge in [-0.15, -0.1) is 11.3 Å². The molecule has 0 atom stereocenters. The zero-order valence-corrected chi connectivity index (χ0v) is 15.7. The summed E-state index contributed by atoms with van der Waals surface area (Å²) in [6.45, 7) is 0. The minimum absolute atomic E-state index is 0.240. The maximum absolute atomic E-state index is 12.3. The van der Waals surface area contributed by atoms with Gasteiger partial charge < -0.3 is 5.32 Å². The molecule has 0 fully saturated rings. The van der Waals surface area contributed by atoms with Crippen molar-refractivity contribution in [1.82, 2.24) is 4.98 Å². The molecular formula is C20H12Cl2N2OS. The highest BCUT2D eigenvalue weighted by molar-refractivity contribution is 7.21. The first-order chi connectivity index (χ1) is 12.6. The zero-order chi connectivity index (χ0) is 18.1. The molecule has 0 saturated carbocycles. The molecule has 4 aromatic rings. The zero-order valence-electron chi connectivity index (χ0n) is 13.4. The number of carbonyl (C=O) groups is 1. The van der Waals surface area contributed by atoms with Crippen molar-refractivity contribution in [2.75, 3.05) is 5.32 Å². The molecule has 3 nitrogen and oxygen atoms in total. The van der Waals surface area contributed by atoms with Crippen LogP contribution in [0.2, 0.25) is 10.0 Å². The number of hydrogen-bond acceptors (Lipinski definition) is 3. The van der Waals surface area contributed by atoms with Crippen molar-refractivity contribution in [1.29, 1.82) is 0 Å². The van der Waals surface area contributed by atoms with Crippen LogP contribution in [0, 0.1) is 0 Å². The number of fused-ring (bicyclic) bond motifs is 1. The molecule has 1 N–H and O–H groups in total. The largest absolute Gasteiger partial charge is 0.322 e. The molecule has 0 unspecified atom stereocenters. The van der Waals surface area contributed by atoms with E-state index in [4.69, 9.17) is 23.2 Å². The predicted octanol–water partition coefficient (Wildman–Crippen LogP) is 6.52. The molecule has 1 heterocycles. The number of nitrogens with zero attached hydrogens (tertiary/aromatic N) is 1. The Morgan fingerprint density at radius 2 is 1.81 bits per heavy atom. The van der Waals surface area contributed by atoms with E-state index >= 15 is 0 Å². The van der Waals surface area contributed by atoms with Gasteiger partial charge in [0.2, 0.25) is 0 Å². The number of benzene rings is 3. The number of anilines is 1. The van der Waals surface area contributed by atoms with Crippen LogP contribution in [-0.4, -0.2) is 10.9 Å². The van der Waals surface area contributed by atoms with E-state index in [-0.39, 0.29) is 5.91 Å². The Hall–Kier alpha value is -2.40. The highest BCUT2D eigenvalue weighted by Crippen LogP contribution is 2.35. The van der Waals surface area contributed by atoms with Gasteiger partial charge in [0.05, 0.1) is 15.2 Å². The quantitative estimate of drug-likeness (QED) is 0.426. The average Bonchev–Trinajstić information content (AvgIpc) is 3.05. The van der Waals surface area contributed by atoms with E-state index < -0.39 is 0 Å². The molecule has 0 aliphatic rings. The van der Waals surface area contributed by atoms with Crippen LogP contribution >= 0.6 is 34.5 Å². The molecule has 6 heteroatoms. The molecular weight excluding hydrogens is 387 g/mol. The Kier molecular flexibility index (Phi) is 4.64. The maximum atomic E-state index is 12.3. The summed E-state index contributed by atoms with van der Waals surface area (Å²) in [5.41, 5.74) is 2.89. The fourth-order valence-electron chi connectivity index (χ4n) is 2.59. The summed E-state index contributed by atoms with van der Waals surface area (Å²) in [5.74, 6) is -0.240. The van der Waals surface area contributed by atoms with Gasteiger partial charge >= 0.3 is 0 Å². The lowest BCUT2D eigenvalue weighted by atomic mass is 10.2. The van der Waals surface area contributed by atoms with Crippen molar-refractivity contribution in [3.05, 3.63) is 82.3 Å². The molecule has 0 aliphatic carbocycles. The second kappa shape index (κ2) is 7.08. The monoisotopic (exact) mass is 398 g/mol. The van der Waals surface area contributed by atoms with Crippen molar-refractivity contribution in [3.63, 3.8) is 0 Å². The summed E-state index contributed by atoms with van der Waals surface area (Å²) in [5, 5.41) is 4.73.